The van der Waals surface area contributed by atoms with Gasteiger partial charge in [-0.25, -0.2) is 25.5 Å². The van der Waals surface area contributed by atoms with Crippen LogP contribution in [0.1, 0.15) is 11.1 Å². The second kappa shape index (κ2) is 8.85. The Morgan fingerprint density at radius 3 is 2.29 bits per heavy atom. The Morgan fingerprint density at radius 2 is 1.65 bits per heavy atom. The van der Waals surface area contributed by atoms with Gasteiger partial charge in [0.2, 0.25) is 10.0 Å². The van der Waals surface area contributed by atoms with Crippen molar-refractivity contribution < 1.29 is 30.0 Å². The molecule has 0 aliphatic carbocycles. The lowest BCUT2D eigenvalue weighted by atomic mass is 10.1. The molecular formula is C22H18F3N3O4S2. The lowest BCUT2D eigenvalue weighted by Crippen LogP contribution is -2.26. The summed E-state index contributed by atoms with van der Waals surface area (Å²) in [5, 5.41) is -0.719. The van der Waals surface area contributed by atoms with Gasteiger partial charge in [-0.2, -0.15) is 13.2 Å². The Morgan fingerprint density at radius 1 is 0.912 bits per heavy atom. The monoisotopic (exact) mass is 509 g/mol. The molecule has 0 unspecified atom stereocenters. The standard InChI is InChI=1S/C22H18F3N3O4S2/c23-22(24,25)18-9-4-10-19-21(18)20(15-28(19)34(31,32)17-7-2-1-3-8-17)33(29,30)27-13-11-16-6-5-12-26-14-16/h1-10,12,14-15,27H,11,13H2. The van der Waals surface area contributed by atoms with Crippen LogP contribution in [0.25, 0.3) is 10.9 Å². The molecule has 0 saturated heterocycles. The first-order valence-electron chi connectivity index (χ1n) is 9.92. The molecule has 4 rings (SSSR count). The Labute approximate surface area is 194 Å². The van der Waals surface area contributed by atoms with Crippen molar-refractivity contribution in [2.75, 3.05) is 6.54 Å². The average Bonchev–Trinajstić information content (AvgIpc) is 3.21. The summed E-state index contributed by atoms with van der Waals surface area (Å²) in [6.07, 6.45) is -0.875. The van der Waals surface area contributed by atoms with Gasteiger partial charge in [-0.15, -0.1) is 0 Å². The van der Waals surface area contributed by atoms with Gasteiger partial charge >= 0.3 is 6.18 Å². The minimum absolute atomic E-state index is 0.125. The zero-order chi connectivity index (χ0) is 24.6. The molecule has 2 aromatic heterocycles. The van der Waals surface area contributed by atoms with Crippen LogP contribution >= 0.6 is 0 Å². The third-order valence-electron chi connectivity index (χ3n) is 5.08. The molecule has 7 nitrogen and oxygen atoms in total. The number of halogens is 3. The molecule has 0 saturated carbocycles. The number of nitrogens with one attached hydrogen (secondary N) is 1. The summed E-state index contributed by atoms with van der Waals surface area (Å²) >= 11 is 0. The molecule has 0 amide bonds. The smallest absolute Gasteiger partial charge is 0.264 e. The maximum atomic E-state index is 13.8. The fourth-order valence-electron chi connectivity index (χ4n) is 3.52. The van der Waals surface area contributed by atoms with Gasteiger partial charge < -0.3 is 0 Å². The van der Waals surface area contributed by atoms with E-state index >= 15 is 0 Å². The predicted molar refractivity (Wildman–Crippen MR) is 119 cm³/mol. The highest BCUT2D eigenvalue weighted by Gasteiger charge is 2.37. The second-order valence-electron chi connectivity index (χ2n) is 7.31. The van der Waals surface area contributed by atoms with E-state index in [0.717, 1.165) is 23.8 Å². The summed E-state index contributed by atoms with van der Waals surface area (Å²) in [4.78, 5) is 2.95. The minimum atomic E-state index is -4.91. The summed E-state index contributed by atoms with van der Waals surface area (Å²) in [5.41, 5.74) is -0.929. The molecule has 0 radical (unpaired) electrons. The fourth-order valence-corrected chi connectivity index (χ4v) is 6.23. The van der Waals surface area contributed by atoms with E-state index in [9.17, 15) is 30.0 Å². The molecule has 4 aromatic rings. The molecule has 0 bridgehead atoms. The number of hydrogen-bond acceptors (Lipinski definition) is 5. The normalized spacial score (nSPS) is 12.8. The zero-order valence-corrected chi connectivity index (χ0v) is 19.0. The Hall–Kier alpha value is -3.22. The van der Waals surface area contributed by atoms with Gasteiger partial charge in [0.25, 0.3) is 10.0 Å². The highest BCUT2D eigenvalue weighted by Crippen LogP contribution is 2.39. The lowest BCUT2D eigenvalue weighted by molar-refractivity contribution is -0.136. The fraction of sp³-hybridized carbons (Fsp3) is 0.136. The van der Waals surface area contributed by atoms with E-state index in [1.54, 1.807) is 24.4 Å². The molecule has 0 fully saturated rings. The van der Waals surface area contributed by atoms with Crippen molar-refractivity contribution in [1.29, 1.82) is 0 Å². The predicted octanol–water partition coefficient (Wildman–Crippen LogP) is 3.81. The Bertz CT molecular complexity index is 1540. The van der Waals surface area contributed by atoms with Crippen LogP contribution in [0.3, 0.4) is 0 Å². The molecule has 2 aromatic carbocycles. The van der Waals surface area contributed by atoms with Crippen LogP contribution in [0.5, 0.6) is 0 Å². The van der Waals surface area contributed by atoms with E-state index < -0.39 is 47.6 Å². The van der Waals surface area contributed by atoms with Crippen LogP contribution < -0.4 is 4.72 Å². The van der Waals surface area contributed by atoms with Gasteiger partial charge in [0.05, 0.1) is 16.0 Å². The number of alkyl halides is 3. The third-order valence-corrected chi connectivity index (χ3v) is 8.24. The van der Waals surface area contributed by atoms with Crippen LogP contribution in [0, 0.1) is 0 Å². The van der Waals surface area contributed by atoms with E-state index in [2.05, 4.69) is 9.71 Å². The second-order valence-corrected chi connectivity index (χ2v) is 10.9. The van der Waals surface area contributed by atoms with Gasteiger partial charge in [0, 0.05) is 30.5 Å². The summed E-state index contributed by atoms with van der Waals surface area (Å²) in [6, 6.07) is 13.3. The zero-order valence-electron chi connectivity index (χ0n) is 17.4. The minimum Gasteiger partial charge on any atom is -0.264 e. The molecule has 0 aliphatic rings. The van der Waals surface area contributed by atoms with Crippen LogP contribution in [-0.4, -0.2) is 32.3 Å². The molecular weight excluding hydrogens is 491 g/mol. The number of sulfonamides is 1. The highest BCUT2D eigenvalue weighted by molar-refractivity contribution is 7.91. The summed E-state index contributed by atoms with van der Waals surface area (Å²) in [7, 11) is -8.90. The summed E-state index contributed by atoms with van der Waals surface area (Å²) in [5.74, 6) is 0. The van der Waals surface area contributed by atoms with E-state index in [1.807, 2.05) is 0 Å². The summed E-state index contributed by atoms with van der Waals surface area (Å²) in [6.45, 7) is -0.125. The van der Waals surface area contributed by atoms with Crippen LogP contribution in [0.2, 0.25) is 0 Å². The molecule has 34 heavy (non-hydrogen) atoms. The number of fused-ring (bicyclic) bond motifs is 1. The third kappa shape index (κ3) is 4.56. The number of pyridine rings is 1. The largest absolute Gasteiger partial charge is 0.417 e. The van der Waals surface area contributed by atoms with Crippen molar-refractivity contribution in [1.82, 2.24) is 13.7 Å². The first kappa shape index (κ1) is 23.9. The van der Waals surface area contributed by atoms with Crippen molar-refractivity contribution in [3.63, 3.8) is 0 Å². The van der Waals surface area contributed by atoms with Crippen LogP contribution in [0.4, 0.5) is 13.2 Å². The van der Waals surface area contributed by atoms with Gasteiger partial charge in [-0.3, -0.25) is 4.98 Å². The van der Waals surface area contributed by atoms with E-state index in [4.69, 9.17) is 0 Å². The molecule has 1 N–H and O–H groups in total. The average molecular weight is 510 g/mol. The van der Waals surface area contributed by atoms with E-state index in [0.29, 0.717) is 10.2 Å². The Kier molecular flexibility index (Phi) is 6.23. The van der Waals surface area contributed by atoms with Gasteiger partial charge in [0.1, 0.15) is 4.90 Å². The Balaban J connectivity index is 1.86. The van der Waals surface area contributed by atoms with Crippen molar-refractivity contribution in [3.05, 3.63) is 90.4 Å². The number of hydrogen-bond donors (Lipinski definition) is 1. The van der Waals surface area contributed by atoms with Crippen LogP contribution in [0.15, 0.2) is 89.0 Å². The summed E-state index contributed by atoms with van der Waals surface area (Å²) < 4.78 is 96.9. The number of rotatable bonds is 7. The number of benzene rings is 2. The van der Waals surface area contributed by atoms with Crippen LogP contribution in [-0.2, 0) is 32.6 Å². The maximum absolute atomic E-state index is 13.8. The number of aromatic nitrogens is 2. The first-order chi connectivity index (χ1) is 16.0. The molecule has 0 atom stereocenters. The SMILES string of the molecule is O=S(=O)(NCCc1cccnc1)c1cn(S(=O)(=O)c2ccccc2)c2cccc(C(F)(F)F)c12. The maximum Gasteiger partial charge on any atom is 0.417 e. The number of nitrogens with zero attached hydrogens (tertiary/aromatic N) is 2. The molecule has 12 heteroatoms. The topological polar surface area (TPSA) is 98.1 Å². The quantitative estimate of drug-likeness (QED) is 0.409. The van der Waals surface area contributed by atoms with Crippen molar-refractivity contribution >= 4 is 30.9 Å². The van der Waals surface area contributed by atoms with Crippen molar-refractivity contribution in [2.45, 2.75) is 22.4 Å². The van der Waals surface area contributed by atoms with Gasteiger partial charge in [0.15, 0.2) is 0 Å². The van der Waals surface area contributed by atoms with Crippen molar-refractivity contribution in [2.24, 2.45) is 0 Å². The molecule has 178 valence electrons. The van der Waals surface area contributed by atoms with E-state index in [-0.39, 0.29) is 17.9 Å². The lowest BCUT2D eigenvalue weighted by Gasteiger charge is -2.11. The van der Waals surface area contributed by atoms with Gasteiger partial charge in [-0.05, 0) is 42.3 Å². The molecule has 0 aliphatic heterocycles. The van der Waals surface area contributed by atoms with E-state index in [1.165, 1.54) is 30.5 Å². The highest BCUT2D eigenvalue weighted by atomic mass is 32.2. The molecule has 0 spiro atoms. The van der Waals surface area contributed by atoms with Crippen molar-refractivity contribution in [3.8, 4) is 0 Å². The first-order valence-corrected chi connectivity index (χ1v) is 12.8. The molecule has 2 heterocycles. The van der Waals surface area contributed by atoms with Gasteiger partial charge in [-0.1, -0.05) is 30.3 Å².